The molecule has 0 spiro atoms. The van der Waals surface area contributed by atoms with Gasteiger partial charge in [0.2, 0.25) is 0 Å². The van der Waals surface area contributed by atoms with Gasteiger partial charge in [-0.25, -0.2) is 0 Å². The molecule has 2 aromatic rings. The number of hydrogen-bond donors (Lipinski definition) is 2. The summed E-state index contributed by atoms with van der Waals surface area (Å²) in [6.45, 7) is 2.58. The van der Waals surface area contributed by atoms with Gasteiger partial charge in [0.25, 0.3) is 0 Å². The van der Waals surface area contributed by atoms with Crippen molar-refractivity contribution in [3.05, 3.63) is 71.8 Å². The zero-order valence-electron chi connectivity index (χ0n) is 12.9. The molecule has 0 radical (unpaired) electrons. The highest BCUT2D eigenvalue weighted by molar-refractivity contribution is 5.17. The molecule has 0 bridgehead atoms. The maximum absolute atomic E-state index is 9.84. The fourth-order valence-electron chi connectivity index (χ4n) is 2.52. The molecule has 0 saturated carbocycles. The summed E-state index contributed by atoms with van der Waals surface area (Å²) in [6, 6.07) is 20.8. The zero-order chi connectivity index (χ0) is 15.6. The topological polar surface area (TPSA) is 43.7 Å². The summed E-state index contributed by atoms with van der Waals surface area (Å²) in [5.74, 6) is 0. The Balaban J connectivity index is 1.97. The molecular weight excluding hydrogens is 274 g/mol. The number of rotatable bonds is 9. The first kappa shape index (κ1) is 16.7. The molecule has 0 fully saturated rings. The van der Waals surface area contributed by atoms with Crippen LogP contribution in [0, 0.1) is 0 Å². The maximum Gasteiger partial charge on any atom is 0.0574 e. The first-order valence-corrected chi connectivity index (χ1v) is 7.87. The highest BCUT2D eigenvalue weighted by atomic mass is 16.3. The first-order valence-electron chi connectivity index (χ1n) is 7.87. The standard InChI is InChI=1S/C19H25NO2/c21-14-12-19(22)11-13-20(15-17-7-3-1-4-8-17)16-18-9-5-2-6-10-18/h1-10,19,21-22H,11-16H2/t19-/m1/s1. The lowest BCUT2D eigenvalue weighted by molar-refractivity contribution is 0.107. The van der Waals surface area contributed by atoms with Gasteiger partial charge < -0.3 is 10.2 Å². The van der Waals surface area contributed by atoms with Crippen molar-refractivity contribution >= 4 is 0 Å². The van der Waals surface area contributed by atoms with Crippen LogP contribution in [-0.2, 0) is 13.1 Å². The number of aliphatic hydroxyl groups excluding tert-OH is 2. The third kappa shape index (κ3) is 5.98. The van der Waals surface area contributed by atoms with Crippen LogP contribution in [0.15, 0.2) is 60.7 Å². The first-order chi connectivity index (χ1) is 10.8. The van der Waals surface area contributed by atoms with Crippen molar-refractivity contribution in [2.24, 2.45) is 0 Å². The molecule has 0 amide bonds. The van der Waals surface area contributed by atoms with Crippen LogP contribution in [0.2, 0.25) is 0 Å². The normalized spacial score (nSPS) is 12.5. The third-order valence-corrected chi connectivity index (χ3v) is 3.74. The number of aliphatic hydroxyl groups is 2. The minimum Gasteiger partial charge on any atom is -0.396 e. The predicted octanol–water partition coefficient (Wildman–Crippen LogP) is 2.82. The minimum atomic E-state index is -0.431. The molecule has 0 aliphatic carbocycles. The Hall–Kier alpha value is -1.68. The lowest BCUT2D eigenvalue weighted by atomic mass is 10.1. The van der Waals surface area contributed by atoms with Crippen molar-refractivity contribution in [1.82, 2.24) is 4.90 Å². The van der Waals surface area contributed by atoms with E-state index in [1.807, 2.05) is 12.1 Å². The Morgan fingerprint density at radius 2 is 1.27 bits per heavy atom. The van der Waals surface area contributed by atoms with Crippen molar-refractivity contribution in [2.45, 2.75) is 32.0 Å². The fourth-order valence-corrected chi connectivity index (χ4v) is 2.52. The summed E-state index contributed by atoms with van der Waals surface area (Å²) in [7, 11) is 0. The second kappa shape index (κ2) is 9.36. The van der Waals surface area contributed by atoms with Crippen LogP contribution in [0.4, 0.5) is 0 Å². The Morgan fingerprint density at radius 3 is 1.73 bits per heavy atom. The van der Waals surface area contributed by atoms with Gasteiger partial charge in [0.1, 0.15) is 0 Å². The van der Waals surface area contributed by atoms with Gasteiger partial charge in [-0.3, -0.25) is 4.90 Å². The third-order valence-electron chi connectivity index (χ3n) is 3.74. The molecule has 0 aliphatic heterocycles. The monoisotopic (exact) mass is 299 g/mol. The second-order valence-electron chi connectivity index (χ2n) is 5.64. The van der Waals surface area contributed by atoms with Crippen LogP contribution in [-0.4, -0.2) is 34.4 Å². The highest BCUT2D eigenvalue weighted by Crippen LogP contribution is 2.11. The van der Waals surface area contributed by atoms with E-state index in [0.29, 0.717) is 12.8 Å². The molecule has 0 saturated heterocycles. The Bertz CT molecular complexity index is 474. The molecule has 0 heterocycles. The van der Waals surface area contributed by atoms with Gasteiger partial charge in [0.15, 0.2) is 0 Å². The van der Waals surface area contributed by atoms with Crippen molar-refractivity contribution in [2.75, 3.05) is 13.2 Å². The maximum atomic E-state index is 9.84. The average Bonchev–Trinajstić information content (AvgIpc) is 2.55. The smallest absolute Gasteiger partial charge is 0.0574 e. The Labute approximate surface area is 132 Å². The average molecular weight is 299 g/mol. The summed E-state index contributed by atoms with van der Waals surface area (Å²) >= 11 is 0. The molecule has 1 atom stereocenters. The van der Waals surface area contributed by atoms with Crippen molar-refractivity contribution < 1.29 is 10.2 Å². The molecule has 2 N–H and O–H groups in total. The van der Waals surface area contributed by atoms with E-state index in [1.165, 1.54) is 11.1 Å². The summed E-state index contributed by atoms with van der Waals surface area (Å²) in [5.41, 5.74) is 2.55. The van der Waals surface area contributed by atoms with Crippen LogP contribution in [0.3, 0.4) is 0 Å². The molecular formula is C19H25NO2. The predicted molar refractivity (Wildman–Crippen MR) is 89.3 cm³/mol. The van der Waals surface area contributed by atoms with Crippen molar-refractivity contribution in [3.63, 3.8) is 0 Å². The molecule has 22 heavy (non-hydrogen) atoms. The molecule has 3 nitrogen and oxygen atoms in total. The van der Waals surface area contributed by atoms with Gasteiger partial charge in [0, 0.05) is 26.2 Å². The quantitative estimate of drug-likeness (QED) is 0.748. The highest BCUT2D eigenvalue weighted by Gasteiger charge is 2.10. The van der Waals surface area contributed by atoms with E-state index in [4.69, 9.17) is 5.11 Å². The Kier molecular flexibility index (Phi) is 7.10. The van der Waals surface area contributed by atoms with E-state index in [9.17, 15) is 5.11 Å². The number of benzene rings is 2. The summed E-state index contributed by atoms with van der Waals surface area (Å²) < 4.78 is 0. The SMILES string of the molecule is OCC[C@H](O)CCN(Cc1ccccc1)Cc1ccccc1. The van der Waals surface area contributed by atoms with Gasteiger partial charge in [-0.15, -0.1) is 0 Å². The van der Waals surface area contributed by atoms with Crippen LogP contribution < -0.4 is 0 Å². The summed E-state index contributed by atoms with van der Waals surface area (Å²) in [4.78, 5) is 2.34. The number of hydrogen-bond acceptors (Lipinski definition) is 3. The van der Waals surface area contributed by atoms with Crippen LogP contribution >= 0.6 is 0 Å². The van der Waals surface area contributed by atoms with Crippen molar-refractivity contribution in [3.8, 4) is 0 Å². The lowest BCUT2D eigenvalue weighted by Crippen LogP contribution is -2.27. The van der Waals surface area contributed by atoms with Crippen LogP contribution in [0.1, 0.15) is 24.0 Å². The van der Waals surface area contributed by atoms with Gasteiger partial charge in [-0.2, -0.15) is 0 Å². The molecule has 3 heteroatoms. The van der Waals surface area contributed by atoms with Gasteiger partial charge >= 0.3 is 0 Å². The van der Waals surface area contributed by atoms with Crippen LogP contribution in [0.25, 0.3) is 0 Å². The number of nitrogens with zero attached hydrogens (tertiary/aromatic N) is 1. The Morgan fingerprint density at radius 1 is 0.773 bits per heavy atom. The summed E-state index contributed by atoms with van der Waals surface area (Å²) in [6.07, 6.45) is 0.698. The van der Waals surface area contributed by atoms with E-state index in [1.54, 1.807) is 0 Å². The lowest BCUT2D eigenvalue weighted by Gasteiger charge is -2.24. The molecule has 2 rings (SSSR count). The van der Waals surface area contributed by atoms with Gasteiger partial charge in [-0.1, -0.05) is 60.7 Å². The van der Waals surface area contributed by atoms with E-state index >= 15 is 0 Å². The van der Waals surface area contributed by atoms with E-state index in [2.05, 4.69) is 53.4 Å². The van der Waals surface area contributed by atoms with Crippen LogP contribution in [0.5, 0.6) is 0 Å². The zero-order valence-corrected chi connectivity index (χ0v) is 12.9. The largest absolute Gasteiger partial charge is 0.396 e. The van der Waals surface area contributed by atoms with E-state index in [0.717, 1.165) is 19.6 Å². The van der Waals surface area contributed by atoms with Gasteiger partial charge in [0.05, 0.1) is 6.10 Å². The molecule has 2 aromatic carbocycles. The van der Waals surface area contributed by atoms with E-state index in [-0.39, 0.29) is 6.61 Å². The van der Waals surface area contributed by atoms with Crippen molar-refractivity contribution in [1.29, 1.82) is 0 Å². The second-order valence-corrected chi connectivity index (χ2v) is 5.64. The molecule has 0 unspecified atom stereocenters. The summed E-state index contributed by atoms with van der Waals surface area (Å²) in [5, 5.41) is 18.7. The molecule has 118 valence electrons. The minimum absolute atomic E-state index is 0.0402. The molecule has 0 aliphatic rings. The van der Waals surface area contributed by atoms with E-state index < -0.39 is 6.10 Å². The molecule has 0 aromatic heterocycles. The van der Waals surface area contributed by atoms with Gasteiger partial charge in [-0.05, 0) is 24.0 Å². The fraction of sp³-hybridized carbons (Fsp3) is 0.368.